The number of hydrogen-bond acceptors (Lipinski definition) is 8. The summed E-state index contributed by atoms with van der Waals surface area (Å²) in [6.45, 7) is 3.79. The molecule has 0 aliphatic carbocycles. The Morgan fingerprint density at radius 2 is 0.658 bits per heavy atom. The zero-order chi connectivity index (χ0) is 57.3. The van der Waals surface area contributed by atoms with Gasteiger partial charge in [0, 0.05) is 19.4 Å². The molecule has 79 heavy (non-hydrogen) atoms. The average Bonchev–Trinajstić information content (AvgIpc) is 3.44. The van der Waals surface area contributed by atoms with Gasteiger partial charge in [0.1, 0.15) is 6.61 Å². The standard InChI is InChI=1S/C69H130NO8P/c1-3-5-7-9-11-13-15-17-19-21-23-25-27-29-31-32-33-34-36-38-40-42-44-46-48-50-52-54-56-58-60-62-69(72)78-67(66-77-79(73,74)76-64-63-70)65-75-68(71)61-59-57-55-53-51-49-47-45-43-41-39-37-35-30-28-26-24-22-20-18-16-14-12-10-8-6-4-2/h15,17,21-24,27,29,67H,3-14,16,18-20,25-26,28,30-66,70H2,1-2H3,(H,73,74)/b17-15-,23-21-,24-22-,29-27-. The molecule has 0 saturated heterocycles. The van der Waals surface area contributed by atoms with E-state index in [1.807, 2.05) is 0 Å². The lowest BCUT2D eigenvalue weighted by Gasteiger charge is -2.19. The zero-order valence-corrected chi connectivity index (χ0v) is 53.0. The molecule has 9 nitrogen and oxygen atoms in total. The summed E-state index contributed by atoms with van der Waals surface area (Å²) in [5, 5.41) is 0. The van der Waals surface area contributed by atoms with Crippen molar-refractivity contribution in [1.29, 1.82) is 0 Å². The van der Waals surface area contributed by atoms with Crippen molar-refractivity contribution in [2.24, 2.45) is 5.73 Å². The van der Waals surface area contributed by atoms with E-state index >= 15 is 0 Å². The number of nitrogens with two attached hydrogens (primary N) is 1. The monoisotopic (exact) mass is 1130 g/mol. The summed E-state index contributed by atoms with van der Waals surface area (Å²) in [6, 6.07) is 0. The van der Waals surface area contributed by atoms with E-state index in [2.05, 4.69) is 62.5 Å². The van der Waals surface area contributed by atoms with Crippen molar-refractivity contribution in [1.82, 2.24) is 0 Å². The van der Waals surface area contributed by atoms with E-state index in [4.69, 9.17) is 24.3 Å². The van der Waals surface area contributed by atoms with Crippen LogP contribution in [0.15, 0.2) is 48.6 Å². The summed E-state index contributed by atoms with van der Waals surface area (Å²) in [6.07, 6.45) is 82.0. The molecule has 0 amide bonds. The number of esters is 2. The van der Waals surface area contributed by atoms with Gasteiger partial charge in [-0.2, -0.15) is 0 Å². The molecule has 0 aromatic rings. The quantitative estimate of drug-likeness (QED) is 0.0264. The van der Waals surface area contributed by atoms with Crippen LogP contribution in [0.5, 0.6) is 0 Å². The van der Waals surface area contributed by atoms with E-state index in [-0.39, 0.29) is 38.6 Å². The van der Waals surface area contributed by atoms with Crippen LogP contribution < -0.4 is 5.73 Å². The van der Waals surface area contributed by atoms with E-state index in [1.165, 1.54) is 270 Å². The third-order valence-electron chi connectivity index (χ3n) is 15.2. The van der Waals surface area contributed by atoms with Crippen LogP contribution in [-0.4, -0.2) is 49.3 Å². The molecule has 2 unspecified atom stereocenters. The predicted molar refractivity (Wildman–Crippen MR) is 340 cm³/mol. The number of hydrogen-bond donors (Lipinski definition) is 2. The van der Waals surface area contributed by atoms with Gasteiger partial charge in [0.15, 0.2) is 6.10 Å². The molecule has 0 aliphatic rings. The molecule has 0 saturated carbocycles. The minimum atomic E-state index is -4.39. The van der Waals surface area contributed by atoms with Crippen molar-refractivity contribution in [2.75, 3.05) is 26.4 Å². The van der Waals surface area contributed by atoms with Crippen LogP contribution in [0.25, 0.3) is 0 Å². The molecule has 3 N–H and O–H groups in total. The molecule has 2 atom stereocenters. The Kier molecular flexibility index (Phi) is 63.5. The van der Waals surface area contributed by atoms with Crippen LogP contribution in [0.4, 0.5) is 0 Å². The van der Waals surface area contributed by atoms with Crippen molar-refractivity contribution >= 4 is 19.8 Å². The second kappa shape index (κ2) is 65.1. The Labute approximate surface area is 489 Å². The van der Waals surface area contributed by atoms with Gasteiger partial charge in [0.05, 0.1) is 13.2 Å². The number of unbranched alkanes of at least 4 members (excludes halogenated alkanes) is 44. The molecule has 10 heteroatoms. The van der Waals surface area contributed by atoms with Gasteiger partial charge in [-0.25, -0.2) is 4.57 Å². The van der Waals surface area contributed by atoms with Crippen molar-refractivity contribution in [3.63, 3.8) is 0 Å². The van der Waals surface area contributed by atoms with Crippen LogP contribution in [0, 0.1) is 0 Å². The molecule has 0 spiro atoms. The summed E-state index contributed by atoms with van der Waals surface area (Å²) in [7, 11) is -4.39. The van der Waals surface area contributed by atoms with E-state index in [1.54, 1.807) is 0 Å². The molecule has 0 heterocycles. The number of rotatable bonds is 65. The fourth-order valence-electron chi connectivity index (χ4n) is 10.1. The molecule has 0 fully saturated rings. The van der Waals surface area contributed by atoms with Gasteiger partial charge in [0.25, 0.3) is 0 Å². The van der Waals surface area contributed by atoms with Crippen LogP contribution >= 0.6 is 7.82 Å². The smallest absolute Gasteiger partial charge is 0.462 e. The van der Waals surface area contributed by atoms with Crippen molar-refractivity contribution < 1.29 is 37.6 Å². The summed E-state index contributed by atoms with van der Waals surface area (Å²) in [5.74, 6) is -0.810. The maximum Gasteiger partial charge on any atom is 0.472 e. The highest BCUT2D eigenvalue weighted by molar-refractivity contribution is 7.47. The highest BCUT2D eigenvalue weighted by Gasteiger charge is 2.26. The largest absolute Gasteiger partial charge is 0.472 e. The van der Waals surface area contributed by atoms with Crippen LogP contribution in [-0.2, 0) is 32.7 Å². The average molecular weight is 1130 g/mol. The van der Waals surface area contributed by atoms with Gasteiger partial charge >= 0.3 is 19.8 Å². The third-order valence-corrected chi connectivity index (χ3v) is 16.2. The fraction of sp³-hybridized carbons (Fsp3) is 0.855. The van der Waals surface area contributed by atoms with E-state index in [0.717, 1.165) is 44.9 Å². The lowest BCUT2D eigenvalue weighted by molar-refractivity contribution is -0.161. The first-order valence-corrected chi connectivity index (χ1v) is 35.6. The number of phosphoric acid groups is 1. The number of phosphoric ester groups is 1. The molecule has 464 valence electrons. The van der Waals surface area contributed by atoms with E-state index in [9.17, 15) is 19.0 Å². The Balaban J connectivity index is 3.86. The zero-order valence-electron chi connectivity index (χ0n) is 52.1. The summed E-state index contributed by atoms with van der Waals surface area (Å²) in [4.78, 5) is 35.3. The number of carbonyl (C=O) groups is 2. The Hall–Kier alpha value is -2.03. The minimum Gasteiger partial charge on any atom is -0.462 e. The van der Waals surface area contributed by atoms with Gasteiger partial charge in [-0.1, -0.05) is 306 Å². The second-order valence-electron chi connectivity index (χ2n) is 23.0. The first-order chi connectivity index (χ1) is 38.8. The SMILES string of the molecule is CCCCCCC/C=C\C/C=C\C/C=C\CCCCCCCCCCCCCCCCCCC(=O)OC(COC(=O)CCCCCCCCCCCCCCCCC/C=C\CCCCCCCCCC)COP(=O)(O)OCCN. The Bertz CT molecular complexity index is 1430. The van der Waals surface area contributed by atoms with Gasteiger partial charge in [-0.15, -0.1) is 0 Å². The van der Waals surface area contributed by atoms with Crippen molar-refractivity contribution in [3.05, 3.63) is 48.6 Å². The second-order valence-corrected chi connectivity index (χ2v) is 24.5. The molecule has 0 aromatic heterocycles. The van der Waals surface area contributed by atoms with Gasteiger partial charge in [-0.05, 0) is 77.0 Å². The lowest BCUT2D eigenvalue weighted by atomic mass is 10.0. The third kappa shape index (κ3) is 65.0. The molecule has 0 aliphatic heterocycles. The highest BCUT2D eigenvalue weighted by Crippen LogP contribution is 2.43. The lowest BCUT2D eigenvalue weighted by Crippen LogP contribution is -2.29. The van der Waals surface area contributed by atoms with Crippen LogP contribution in [0.2, 0.25) is 0 Å². The number of allylic oxidation sites excluding steroid dienone is 8. The normalized spacial score (nSPS) is 13.2. The van der Waals surface area contributed by atoms with Crippen LogP contribution in [0.3, 0.4) is 0 Å². The Morgan fingerprint density at radius 1 is 0.380 bits per heavy atom. The molecule has 0 bridgehead atoms. The molecular weight excluding hydrogens is 1000 g/mol. The first kappa shape index (κ1) is 77.0. The van der Waals surface area contributed by atoms with Crippen LogP contribution in [0.1, 0.15) is 348 Å². The van der Waals surface area contributed by atoms with Crippen molar-refractivity contribution in [2.45, 2.75) is 354 Å². The summed E-state index contributed by atoms with van der Waals surface area (Å²) in [5.41, 5.74) is 5.40. The van der Waals surface area contributed by atoms with Gasteiger partial charge in [0.2, 0.25) is 0 Å². The molecule has 0 aromatic carbocycles. The number of carbonyl (C=O) groups excluding carboxylic acids is 2. The fourth-order valence-corrected chi connectivity index (χ4v) is 10.9. The number of ether oxygens (including phenoxy) is 2. The van der Waals surface area contributed by atoms with Gasteiger partial charge < -0.3 is 20.1 Å². The van der Waals surface area contributed by atoms with Crippen molar-refractivity contribution in [3.8, 4) is 0 Å². The summed E-state index contributed by atoms with van der Waals surface area (Å²) < 4.78 is 33.2. The van der Waals surface area contributed by atoms with Gasteiger partial charge in [-0.3, -0.25) is 18.6 Å². The maximum absolute atomic E-state index is 12.8. The molecular formula is C69H130NO8P. The van der Waals surface area contributed by atoms with E-state index < -0.39 is 26.5 Å². The minimum absolute atomic E-state index is 0.0545. The maximum atomic E-state index is 12.8. The molecule has 0 rings (SSSR count). The molecule has 0 radical (unpaired) electrons. The first-order valence-electron chi connectivity index (χ1n) is 34.1. The highest BCUT2D eigenvalue weighted by atomic mass is 31.2. The predicted octanol–water partition coefficient (Wildman–Crippen LogP) is 22.1. The van der Waals surface area contributed by atoms with E-state index in [0.29, 0.717) is 6.42 Å². The summed E-state index contributed by atoms with van der Waals surface area (Å²) >= 11 is 0. The topological polar surface area (TPSA) is 134 Å². The Morgan fingerprint density at radius 3 is 0.987 bits per heavy atom.